The van der Waals surface area contributed by atoms with Crippen LogP contribution >= 0.6 is 11.6 Å². The molecule has 178 valence electrons. The number of carbonyl (C=O) groups is 3. The van der Waals surface area contributed by atoms with Gasteiger partial charge in [0.1, 0.15) is 12.1 Å². The van der Waals surface area contributed by atoms with Gasteiger partial charge in [0.2, 0.25) is 11.8 Å². The van der Waals surface area contributed by atoms with Gasteiger partial charge < -0.3 is 20.0 Å². The van der Waals surface area contributed by atoms with Crippen molar-refractivity contribution in [3.8, 4) is 0 Å². The lowest BCUT2D eigenvalue weighted by Gasteiger charge is -2.44. The van der Waals surface area contributed by atoms with Gasteiger partial charge in [-0.2, -0.15) is 0 Å². The summed E-state index contributed by atoms with van der Waals surface area (Å²) >= 11 is 6.02. The van der Waals surface area contributed by atoms with Gasteiger partial charge in [-0.3, -0.25) is 14.4 Å². The lowest BCUT2D eigenvalue weighted by Crippen LogP contribution is -2.58. The summed E-state index contributed by atoms with van der Waals surface area (Å²) in [7, 11) is 0. The van der Waals surface area contributed by atoms with Crippen LogP contribution in [0.3, 0.4) is 0 Å². The summed E-state index contributed by atoms with van der Waals surface area (Å²) in [6.45, 7) is 1.42. The van der Waals surface area contributed by atoms with E-state index in [0.717, 1.165) is 24.9 Å². The first-order valence-electron chi connectivity index (χ1n) is 11.9. The number of piperidine rings is 1. The van der Waals surface area contributed by atoms with Crippen molar-refractivity contribution in [2.75, 3.05) is 36.5 Å². The SMILES string of the molecule is O=C(CN1CN(c2ccccc2)C2(CCN(C(=O)C3CCC3)CC2)C1=O)Nc1cccc(Cl)c1. The van der Waals surface area contributed by atoms with Crippen molar-refractivity contribution in [1.82, 2.24) is 9.80 Å². The highest BCUT2D eigenvalue weighted by atomic mass is 35.5. The van der Waals surface area contributed by atoms with Crippen molar-refractivity contribution in [2.24, 2.45) is 5.92 Å². The van der Waals surface area contributed by atoms with E-state index in [2.05, 4.69) is 10.2 Å². The highest BCUT2D eigenvalue weighted by Crippen LogP contribution is 2.40. The van der Waals surface area contributed by atoms with Gasteiger partial charge in [0.05, 0.1) is 6.67 Å². The summed E-state index contributed by atoms with van der Waals surface area (Å²) in [5.74, 6) is 0.0763. The van der Waals surface area contributed by atoms with E-state index in [1.165, 1.54) is 0 Å². The number of amides is 3. The summed E-state index contributed by atoms with van der Waals surface area (Å²) in [6.07, 6.45) is 4.20. The van der Waals surface area contributed by atoms with E-state index >= 15 is 0 Å². The van der Waals surface area contributed by atoms with Crippen molar-refractivity contribution < 1.29 is 14.4 Å². The normalized spacial score (nSPS) is 19.9. The molecule has 2 aliphatic heterocycles. The van der Waals surface area contributed by atoms with Crippen LogP contribution in [0.4, 0.5) is 11.4 Å². The van der Waals surface area contributed by atoms with Gasteiger partial charge in [-0.25, -0.2) is 0 Å². The third-order valence-electron chi connectivity index (χ3n) is 7.38. The van der Waals surface area contributed by atoms with Gasteiger partial charge in [0.15, 0.2) is 0 Å². The second-order valence-corrected chi connectivity index (χ2v) is 9.89. The molecule has 1 N–H and O–H groups in total. The van der Waals surface area contributed by atoms with Crippen LogP contribution in [-0.4, -0.2) is 59.4 Å². The Hall–Kier alpha value is -3.06. The minimum Gasteiger partial charge on any atom is -0.342 e. The molecule has 5 rings (SSSR count). The van der Waals surface area contributed by atoms with Crippen molar-refractivity contribution in [3.63, 3.8) is 0 Å². The van der Waals surface area contributed by atoms with Crippen LogP contribution in [0.25, 0.3) is 0 Å². The second-order valence-electron chi connectivity index (χ2n) is 9.45. The maximum absolute atomic E-state index is 13.8. The Morgan fingerprint density at radius 3 is 2.41 bits per heavy atom. The Labute approximate surface area is 204 Å². The monoisotopic (exact) mass is 480 g/mol. The molecule has 0 atom stereocenters. The molecule has 0 bridgehead atoms. The van der Waals surface area contributed by atoms with Crippen LogP contribution < -0.4 is 10.2 Å². The van der Waals surface area contributed by atoms with Crippen LogP contribution in [0.5, 0.6) is 0 Å². The molecule has 1 aliphatic carbocycles. The Morgan fingerprint density at radius 2 is 1.76 bits per heavy atom. The van der Waals surface area contributed by atoms with Gasteiger partial charge in [-0.05, 0) is 56.0 Å². The molecule has 3 amide bonds. The van der Waals surface area contributed by atoms with Gasteiger partial charge in [-0.1, -0.05) is 42.3 Å². The number of halogens is 1. The lowest BCUT2D eigenvalue weighted by atomic mass is 9.81. The van der Waals surface area contributed by atoms with Gasteiger partial charge in [-0.15, -0.1) is 0 Å². The molecule has 0 radical (unpaired) electrons. The molecule has 3 aliphatic rings. The molecule has 2 heterocycles. The molecule has 1 spiro atoms. The number of likely N-dealkylation sites (tertiary alicyclic amines) is 1. The Bertz CT molecular complexity index is 1080. The average molecular weight is 481 g/mol. The maximum Gasteiger partial charge on any atom is 0.250 e. The molecule has 2 aromatic carbocycles. The molecular formula is C26H29ClN4O3. The largest absolute Gasteiger partial charge is 0.342 e. The van der Waals surface area contributed by atoms with Crippen molar-refractivity contribution in [3.05, 3.63) is 59.6 Å². The highest BCUT2D eigenvalue weighted by molar-refractivity contribution is 6.30. The highest BCUT2D eigenvalue weighted by Gasteiger charge is 2.54. The fourth-order valence-electron chi connectivity index (χ4n) is 5.27. The van der Waals surface area contributed by atoms with E-state index in [0.29, 0.717) is 43.3 Å². The van der Waals surface area contributed by atoms with Gasteiger partial charge in [0.25, 0.3) is 5.91 Å². The number of benzene rings is 2. The van der Waals surface area contributed by atoms with Crippen LogP contribution in [-0.2, 0) is 14.4 Å². The Kier molecular flexibility index (Phi) is 6.21. The molecule has 2 saturated heterocycles. The topological polar surface area (TPSA) is 73.0 Å². The quantitative estimate of drug-likeness (QED) is 0.707. The summed E-state index contributed by atoms with van der Waals surface area (Å²) in [5, 5.41) is 3.37. The second kappa shape index (κ2) is 9.29. The standard InChI is InChI=1S/C26H29ClN4O3/c27-20-8-5-9-21(16-20)28-23(32)17-30-18-31(22-10-2-1-3-11-22)26(25(30)34)12-14-29(15-13-26)24(33)19-6-4-7-19/h1-3,5,8-11,16,19H,4,6-7,12-15,17-18H2,(H,28,32). The van der Waals surface area contributed by atoms with Crippen LogP contribution in [0.1, 0.15) is 32.1 Å². The van der Waals surface area contributed by atoms with Crippen molar-refractivity contribution in [2.45, 2.75) is 37.6 Å². The number of hydrogen-bond donors (Lipinski definition) is 1. The number of nitrogens with one attached hydrogen (secondary N) is 1. The molecule has 8 heteroatoms. The molecule has 0 aromatic heterocycles. The van der Waals surface area contributed by atoms with Gasteiger partial charge >= 0.3 is 0 Å². The molecule has 34 heavy (non-hydrogen) atoms. The number of nitrogens with zero attached hydrogens (tertiary/aromatic N) is 3. The predicted molar refractivity (Wildman–Crippen MR) is 131 cm³/mol. The first kappa shape index (κ1) is 22.7. The van der Waals surface area contributed by atoms with Crippen LogP contribution in [0.2, 0.25) is 5.02 Å². The first-order valence-corrected chi connectivity index (χ1v) is 12.3. The molecule has 7 nitrogen and oxygen atoms in total. The molecule has 1 saturated carbocycles. The maximum atomic E-state index is 13.8. The summed E-state index contributed by atoms with van der Waals surface area (Å²) < 4.78 is 0. The van der Waals surface area contributed by atoms with E-state index in [-0.39, 0.29) is 30.2 Å². The third-order valence-corrected chi connectivity index (χ3v) is 7.62. The fourth-order valence-corrected chi connectivity index (χ4v) is 5.46. The average Bonchev–Trinajstić information content (AvgIpc) is 3.05. The van der Waals surface area contributed by atoms with Crippen LogP contribution in [0.15, 0.2) is 54.6 Å². The molecule has 0 unspecified atom stereocenters. The van der Waals surface area contributed by atoms with E-state index < -0.39 is 5.54 Å². The van der Waals surface area contributed by atoms with Crippen molar-refractivity contribution in [1.29, 1.82) is 0 Å². The minimum absolute atomic E-state index is 0.0405. The zero-order valence-corrected chi connectivity index (χ0v) is 19.8. The number of hydrogen-bond acceptors (Lipinski definition) is 4. The van der Waals surface area contributed by atoms with E-state index in [1.807, 2.05) is 35.2 Å². The predicted octanol–water partition coefficient (Wildman–Crippen LogP) is 3.75. The summed E-state index contributed by atoms with van der Waals surface area (Å²) in [5.41, 5.74) is 0.808. The number of anilines is 2. The van der Waals surface area contributed by atoms with E-state index in [9.17, 15) is 14.4 Å². The van der Waals surface area contributed by atoms with Crippen molar-refractivity contribution >= 4 is 40.7 Å². The van der Waals surface area contributed by atoms with E-state index in [4.69, 9.17) is 11.6 Å². The fraction of sp³-hybridized carbons (Fsp3) is 0.423. The number of carbonyl (C=O) groups excluding carboxylic acids is 3. The molecule has 2 aromatic rings. The molecule has 3 fully saturated rings. The lowest BCUT2D eigenvalue weighted by molar-refractivity contribution is -0.143. The Morgan fingerprint density at radius 1 is 1.03 bits per heavy atom. The zero-order chi connectivity index (χ0) is 23.7. The number of para-hydroxylation sites is 1. The Balaban J connectivity index is 1.33. The van der Waals surface area contributed by atoms with Gasteiger partial charge in [0, 0.05) is 35.4 Å². The minimum atomic E-state index is -0.742. The summed E-state index contributed by atoms with van der Waals surface area (Å²) in [4.78, 5) is 45.0. The van der Waals surface area contributed by atoms with Crippen LogP contribution in [0, 0.1) is 5.92 Å². The summed E-state index contributed by atoms with van der Waals surface area (Å²) in [6, 6.07) is 16.8. The molecular weight excluding hydrogens is 452 g/mol. The van der Waals surface area contributed by atoms with E-state index in [1.54, 1.807) is 29.2 Å². The first-order chi connectivity index (χ1) is 16.5. The zero-order valence-electron chi connectivity index (χ0n) is 19.1. The third kappa shape index (κ3) is 4.25. The smallest absolute Gasteiger partial charge is 0.250 e. The number of rotatable bonds is 5.